The SMILES string of the molecule is COc1cccc(Cc2nsc(N3CCN(C(=O)CCl)C(C)C3)n2)c1. The quantitative estimate of drug-likeness (QED) is 0.745. The van der Waals surface area contributed by atoms with Crippen molar-refractivity contribution in [3.05, 3.63) is 35.7 Å². The highest BCUT2D eigenvalue weighted by atomic mass is 35.5. The Balaban J connectivity index is 1.64. The summed E-state index contributed by atoms with van der Waals surface area (Å²) in [6, 6.07) is 8.05. The smallest absolute Gasteiger partial charge is 0.237 e. The van der Waals surface area contributed by atoms with Crippen LogP contribution in [0.1, 0.15) is 18.3 Å². The summed E-state index contributed by atoms with van der Waals surface area (Å²) >= 11 is 7.08. The van der Waals surface area contributed by atoms with Crippen LogP contribution in [0, 0.1) is 0 Å². The first-order chi connectivity index (χ1) is 12.1. The van der Waals surface area contributed by atoms with Crippen molar-refractivity contribution in [3.8, 4) is 5.75 Å². The summed E-state index contributed by atoms with van der Waals surface area (Å²) in [4.78, 5) is 20.5. The van der Waals surface area contributed by atoms with E-state index in [2.05, 4.69) is 14.3 Å². The molecule has 1 unspecified atom stereocenters. The molecule has 0 bridgehead atoms. The molecule has 1 aliphatic rings. The first kappa shape index (κ1) is 17.9. The number of piperazine rings is 1. The van der Waals surface area contributed by atoms with Gasteiger partial charge in [0.25, 0.3) is 0 Å². The molecule has 0 N–H and O–H groups in total. The molecular formula is C17H21ClN4O2S. The molecule has 2 heterocycles. The van der Waals surface area contributed by atoms with Crippen LogP contribution in [0.4, 0.5) is 5.13 Å². The van der Waals surface area contributed by atoms with Crippen molar-refractivity contribution in [2.45, 2.75) is 19.4 Å². The molecule has 0 radical (unpaired) electrons. The molecule has 134 valence electrons. The monoisotopic (exact) mass is 380 g/mol. The van der Waals surface area contributed by atoms with Crippen LogP contribution in [0.2, 0.25) is 0 Å². The number of hydrogen-bond acceptors (Lipinski definition) is 6. The van der Waals surface area contributed by atoms with Crippen LogP contribution >= 0.6 is 23.1 Å². The third kappa shape index (κ3) is 4.22. The van der Waals surface area contributed by atoms with E-state index in [1.165, 1.54) is 11.5 Å². The third-order valence-electron chi connectivity index (χ3n) is 4.29. The van der Waals surface area contributed by atoms with E-state index in [9.17, 15) is 4.79 Å². The molecule has 0 aliphatic carbocycles. The second-order valence-corrected chi connectivity index (χ2v) is 7.03. The zero-order valence-corrected chi connectivity index (χ0v) is 15.9. The van der Waals surface area contributed by atoms with Gasteiger partial charge in [-0.25, -0.2) is 4.98 Å². The molecule has 0 saturated carbocycles. The molecule has 1 aromatic heterocycles. The van der Waals surface area contributed by atoms with Gasteiger partial charge in [0.2, 0.25) is 11.0 Å². The number of methoxy groups -OCH3 is 1. The summed E-state index contributed by atoms with van der Waals surface area (Å²) in [5, 5.41) is 0.905. The van der Waals surface area contributed by atoms with E-state index in [1.807, 2.05) is 36.1 Å². The summed E-state index contributed by atoms with van der Waals surface area (Å²) < 4.78 is 9.74. The van der Waals surface area contributed by atoms with E-state index in [-0.39, 0.29) is 17.8 Å². The van der Waals surface area contributed by atoms with Crippen LogP contribution in [-0.4, -0.2) is 58.8 Å². The number of halogens is 1. The average molecular weight is 381 g/mol. The standard InChI is InChI=1S/C17H21ClN4O2S/c1-12-11-21(6-7-22(12)16(23)10-18)17-19-15(20-25-17)9-13-4-3-5-14(8-13)24-2/h3-5,8,12H,6-7,9-11H2,1-2H3. The maximum atomic E-state index is 11.8. The van der Waals surface area contributed by atoms with Gasteiger partial charge in [-0.05, 0) is 24.6 Å². The van der Waals surface area contributed by atoms with E-state index in [1.54, 1.807) is 7.11 Å². The number of ether oxygens (including phenoxy) is 1. The fourth-order valence-corrected chi connectivity index (χ4v) is 3.86. The average Bonchev–Trinajstić information content (AvgIpc) is 3.09. The van der Waals surface area contributed by atoms with Gasteiger partial charge in [0.1, 0.15) is 17.5 Å². The van der Waals surface area contributed by atoms with Crippen LogP contribution in [0.15, 0.2) is 24.3 Å². The van der Waals surface area contributed by atoms with Crippen molar-refractivity contribution >= 4 is 34.2 Å². The maximum absolute atomic E-state index is 11.8. The van der Waals surface area contributed by atoms with Crippen molar-refractivity contribution < 1.29 is 9.53 Å². The van der Waals surface area contributed by atoms with Crippen molar-refractivity contribution in [3.63, 3.8) is 0 Å². The zero-order valence-electron chi connectivity index (χ0n) is 14.3. The van der Waals surface area contributed by atoms with Gasteiger partial charge >= 0.3 is 0 Å². The first-order valence-electron chi connectivity index (χ1n) is 8.16. The van der Waals surface area contributed by atoms with E-state index < -0.39 is 0 Å². The van der Waals surface area contributed by atoms with E-state index in [4.69, 9.17) is 16.3 Å². The largest absolute Gasteiger partial charge is 0.497 e. The Morgan fingerprint density at radius 2 is 2.28 bits per heavy atom. The number of nitrogens with zero attached hydrogens (tertiary/aromatic N) is 4. The van der Waals surface area contributed by atoms with E-state index >= 15 is 0 Å². The topological polar surface area (TPSA) is 58.6 Å². The minimum absolute atomic E-state index is 0.00945. The third-order valence-corrected chi connectivity index (χ3v) is 5.33. The van der Waals surface area contributed by atoms with Gasteiger partial charge in [0.15, 0.2) is 0 Å². The Morgan fingerprint density at radius 3 is 3.00 bits per heavy atom. The Kier molecular flexibility index (Phi) is 5.75. The normalized spacial score (nSPS) is 17.6. The summed E-state index contributed by atoms with van der Waals surface area (Å²) in [5.74, 6) is 1.67. The summed E-state index contributed by atoms with van der Waals surface area (Å²) in [6.07, 6.45) is 0.675. The Labute approximate surface area is 156 Å². The number of rotatable bonds is 5. The predicted molar refractivity (Wildman–Crippen MR) is 99.8 cm³/mol. The molecule has 25 heavy (non-hydrogen) atoms. The Bertz CT molecular complexity index is 739. The molecule has 2 aromatic rings. The van der Waals surface area contributed by atoms with Gasteiger partial charge in [-0.1, -0.05) is 12.1 Å². The number of amides is 1. The molecule has 6 nitrogen and oxygen atoms in total. The summed E-state index contributed by atoms with van der Waals surface area (Å²) in [6.45, 7) is 4.20. The fraction of sp³-hybridized carbons (Fsp3) is 0.471. The van der Waals surface area contributed by atoms with Crippen LogP contribution < -0.4 is 9.64 Å². The highest BCUT2D eigenvalue weighted by Gasteiger charge is 2.28. The number of alkyl halides is 1. The van der Waals surface area contributed by atoms with Gasteiger partial charge in [-0.2, -0.15) is 4.37 Å². The molecule has 8 heteroatoms. The van der Waals surface area contributed by atoms with Crippen LogP contribution in [0.5, 0.6) is 5.75 Å². The zero-order chi connectivity index (χ0) is 17.8. The second kappa shape index (κ2) is 8.01. The number of carbonyl (C=O) groups is 1. The summed E-state index contributed by atoms with van der Waals surface area (Å²) in [7, 11) is 1.66. The van der Waals surface area contributed by atoms with E-state index in [0.29, 0.717) is 13.0 Å². The molecule has 1 aliphatic heterocycles. The lowest BCUT2D eigenvalue weighted by atomic mass is 10.1. The van der Waals surface area contributed by atoms with Crippen molar-refractivity contribution in [1.29, 1.82) is 0 Å². The fourth-order valence-electron chi connectivity index (χ4n) is 2.99. The van der Waals surface area contributed by atoms with Crippen molar-refractivity contribution in [2.75, 3.05) is 37.5 Å². The molecule has 3 rings (SSSR count). The minimum atomic E-state index is -0.00945. The van der Waals surface area contributed by atoms with Gasteiger partial charge in [0, 0.05) is 43.6 Å². The molecule has 1 saturated heterocycles. The summed E-state index contributed by atoms with van der Waals surface area (Å²) in [5.41, 5.74) is 1.12. The molecule has 1 amide bonds. The Hall–Kier alpha value is -1.86. The maximum Gasteiger partial charge on any atom is 0.237 e. The molecule has 0 spiro atoms. The molecule has 1 fully saturated rings. The van der Waals surface area contributed by atoms with Crippen LogP contribution in [0.25, 0.3) is 0 Å². The number of hydrogen-bond donors (Lipinski definition) is 0. The lowest BCUT2D eigenvalue weighted by Gasteiger charge is -2.39. The molecule has 1 atom stereocenters. The molecule has 1 aromatic carbocycles. The van der Waals surface area contributed by atoms with Gasteiger partial charge in [-0.15, -0.1) is 11.6 Å². The van der Waals surface area contributed by atoms with Crippen molar-refractivity contribution in [1.82, 2.24) is 14.3 Å². The second-order valence-electron chi connectivity index (χ2n) is 6.04. The highest BCUT2D eigenvalue weighted by molar-refractivity contribution is 7.09. The lowest BCUT2D eigenvalue weighted by Crippen LogP contribution is -2.54. The Morgan fingerprint density at radius 1 is 1.44 bits per heavy atom. The van der Waals surface area contributed by atoms with Gasteiger partial charge in [-0.3, -0.25) is 4.79 Å². The lowest BCUT2D eigenvalue weighted by molar-refractivity contribution is -0.130. The highest BCUT2D eigenvalue weighted by Crippen LogP contribution is 2.23. The van der Waals surface area contributed by atoms with Gasteiger partial charge < -0.3 is 14.5 Å². The predicted octanol–water partition coefficient (Wildman–Crippen LogP) is 2.41. The van der Waals surface area contributed by atoms with Crippen molar-refractivity contribution in [2.24, 2.45) is 0 Å². The van der Waals surface area contributed by atoms with Gasteiger partial charge in [0.05, 0.1) is 7.11 Å². The minimum Gasteiger partial charge on any atom is -0.497 e. The van der Waals surface area contributed by atoms with E-state index in [0.717, 1.165) is 35.4 Å². The number of aromatic nitrogens is 2. The van der Waals surface area contributed by atoms with Crippen LogP contribution in [-0.2, 0) is 11.2 Å². The first-order valence-corrected chi connectivity index (χ1v) is 9.47. The molecular weight excluding hydrogens is 360 g/mol. The number of carbonyl (C=O) groups excluding carboxylic acids is 1. The number of benzene rings is 1. The van der Waals surface area contributed by atoms with Crippen LogP contribution in [0.3, 0.4) is 0 Å². The number of anilines is 1.